The van der Waals surface area contributed by atoms with E-state index in [9.17, 15) is 9.90 Å². The van der Waals surface area contributed by atoms with Crippen LogP contribution in [0.5, 0.6) is 0 Å². The van der Waals surface area contributed by atoms with Gasteiger partial charge in [0, 0.05) is 19.6 Å². The Morgan fingerprint density at radius 2 is 2.00 bits per heavy atom. The molecule has 6 nitrogen and oxygen atoms in total. The van der Waals surface area contributed by atoms with Gasteiger partial charge in [0.1, 0.15) is 5.60 Å². The summed E-state index contributed by atoms with van der Waals surface area (Å²) < 4.78 is 5.40. The van der Waals surface area contributed by atoms with Crippen LogP contribution in [0.3, 0.4) is 0 Å². The number of nitrogens with zero attached hydrogens (tertiary/aromatic N) is 1. The van der Waals surface area contributed by atoms with Crippen LogP contribution >= 0.6 is 0 Å². The minimum Gasteiger partial charge on any atom is -0.444 e. The van der Waals surface area contributed by atoms with Gasteiger partial charge in [-0.25, -0.2) is 4.79 Å². The Bertz CT molecular complexity index is 334. The Balaban J connectivity index is 2.53. The van der Waals surface area contributed by atoms with Crippen LogP contribution in [0.15, 0.2) is 0 Å². The minimum absolute atomic E-state index is 0.0746. The molecule has 1 aliphatic heterocycles. The van der Waals surface area contributed by atoms with Gasteiger partial charge >= 0.3 is 6.09 Å². The summed E-state index contributed by atoms with van der Waals surface area (Å²) in [5.41, 5.74) is 5.40. The molecule has 0 radical (unpaired) electrons. The SMILES string of the molecule is CNC[C@H](O)CC1(CN)CCN(C(=O)OC(C)(C)C)CC1. The largest absolute Gasteiger partial charge is 0.444 e. The summed E-state index contributed by atoms with van der Waals surface area (Å²) in [6.07, 6.45) is 1.63. The highest BCUT2D eigenvalue weighted by atomic mass is 16.6. The molecule has 0 aromatic carbocycles. The van der Waals surface area contributed by atoms with Crippen LogP contribution in [0, 0.1) is 5.41 Å². The van der Waals surface area contributed by atoms with Crippen LogP contribution in [0.2, 0.25) is 0 Å². The van der Waals surface area contributed by atoms with Gasteiger partial charge in [-0.15, -0.1) is 0 Å². The molecule has 0 bridgehead atoms. The van der Waals surface area contributed by atoms with E-state index in [0.717, 1.165) is 12.8 Å². The normalized spacial score (nSPS) is 20.2. The van der Waals surface area contributed by atoms with Crippen LogP contribution in [0.1, 0.15) is 40.0 Å². The van der Waals surface area contributed by atoms with E-state index in [4.69, 9.17) is 10.5 Å². The maximum absolute atomic E-state index is 12.1. The van der Waals surface area contributed by atoms with E-state index in [1.165, 1.54) is 0 Å². The maximum atomic E-state index is 12.1. The fourth-order valence-corrected chi connectivity index (χ4v) is 2.79. The minimum atomic E-state index is -0.470. The zero-order chi connectivity index (χ0) is 16.1. The zero-order valence-electron chi connectivity index (χ0n) is 13.8. The predicted octanol–water partition coefficient (Wildman–Crippen LogP) is 0.933. The molecule has 1 heterocycles. The lowest BCUT2D eigenvalue weighted by Gasteiger charge is -2.42. The zero-order valence-corrected chi connectivity index (χ0v) is 13.8. The van der Waals surface area contributed by atoms with E-state index in [1.54, 1.807) is 4.90 Å². The van der Waals surface area contributed by atoms with Crippen LogP contribution in [-0.2, 0) is 4.74 Å². The van der Waals surface area contributed by atoms with Gasteiger partial charge in [0.2, 0.25) is 0 Å². The number of piperidine rings is 1. The van der Waals surface area contributed by atoms with Gasteiger partial charge in [0.05, 0.1) is 6.10 Å². The highest BCUT2D eigenvalue weighted by molar-refractivity contribution is 5.68. The molecule has 0 unspecified atom stereocenters. The molecule has 1 saturated heterocycles. The van der Waals surface area contributed by atoms with Crippen molar-refractivity contribution < 1.29 is 14.6 Å². The number of amides is 1. The quantitative estimate of drug-likeness (QED) is 0.703. The first-order valence-corrected chi connectivity index (χ1v) is 7.72. The summed E-state index contributed by atoms with van der Waals surface area (Å²) in [6.45, 7) is 7.98. The molecule has 6 heteroatoms. The van der Waals surface area contributed by atoms with Crippen molar-refractivity contribution in [3.63, 3.8) is 0 Å². The molecule has 124 valence electrons. The topological polar surface area (TPSA) is 87.8 Å². The van der Waals surface area contributed by atoms with Crippen molar-refractivity contribution in [1.29, 1.82) is 0 Å². The summed E-state index contributed by atoms with van der Waals surface area (Å²) in [5.74, 6) is 0. The lowest BCUT2D eigenvalue weighted by Crippen LogP contribution is -2.49. The van der Waals surface area contributed by atoms with E-state index < -0.39 is 11.7 Å². The van der Waals surface area contributed by atoms with Crippen molar-refractivity contribution in [1.82, 2.24) is 10.2 Å². The number of carbonyl (C=O) groups is 1. The molecule has 1 rings (SSSR count). The van der Waals surface area contributed by atoms with Crippen LogP contribution < -0.4 is 11.1 Å². The number of nitrogens with one attached hydrogen (secondary N) is 1. The van der Waals surface area contributed by atoms with Gasteiger partial charge in [-0.1, -0.05) is 0 Å². The Morgan fingerprint density at radius 1 is 1.43 bits per heavy atom. The second kappa shape index (κ2) is 7.42. The number of aliphatic hydroxyl groups is 1. The third-order valence-corrected chi connectivity index (χ3v) is 4.02. The van der Waals surface area contributed by atoms with Crippen molar-refractivity contribution in [3.8, 4) is 0 Å². The fraction of sp³-hybridized carbons (Fsp3) is 0.933. The Kier molecular flexibility index (Phi) is 6.43. The van der Waals surface area contributed by atoms with Crippen molar-refractivity contribution in [2.45, 2.75) is 51.7 Å². The van der Waals surface area contributed by atoms with Gasteiger partial charge in [0.25, 0.3) is 0 Å². The highest BCUT2D eigenvalue weighted by Gasteiger charge is 2.37. The van der Waals surface area contributed by atoms with E-state index in [2.05, 4.69) is 5.32 Å². The number of likely N-dealkylation sites (tertiary alicyclic amines) is 1. The molecule has 1 fully saturated rings. The predicted molar refractivity (Wildman–Crippen MR) is 83.1 cm³/mol. The highest BCUT2D eigenvalue weighted by Crippen LogP contribution is 2.35. The van der Waals surface area contributed by atoms with Gasteiger partial charge in [-0.05, 0) is 59.0 Å². The molecule has 0 saturated carbocycles. The molecule has 1 atom stereocenters. The summed E-state index contributed by atoms with van der Waals surface area (Å²) >= 11 is 0. The summed E-state index contributed by atoms with van der Waals surface area (Å²) in [6, 6.07) is 0. The van der Waals surface area contributed by atoms with Gasteiger partial charge < -0.3 is 25.8 Å². The first-order valence-electron chi connectivity index (χ1n) is 7.72. The lowest BCUT2D eigenvalue weighted by atomic mass is 9.74. The van der Waals surface area contributed by atoms with E-state index in [-0.39, 0.29) is 11.5 Å². The van der Waals surface area contributed by atoms with Crippen molar-refractivity contribution in [2.75, 3.05) is 33.2 Å². The number of likely N-dealkylation sites (N-methyl/N-ethyl adjacent to an activating group) is 1. The summed E-state index contributed by atoms with van der Waals surface area (Å²) in [7, 11) is 1.82. The Labute approximate surface area is 128 Å². The van der Waals surface area contributed by atoms with E-state index >= 15 is 0 Å². The first kappa shape index (κ1) is 18.2. The lowest BCUT2D eigenvalue weighted by molar-refractivity contribution is 0.00291. The second-order valence-electron chi connectivity index (χ2n) is 7.09. The van der Waals surface area contributed by atoms with Gasteiger partial charge in [-0.3, -0.25) is 0 Å². The Hall–Kier alpha value is -0.850. The third kappa shape index (κ3) is 5.80. The third-order valence-electron chi connectivity index (χ3n) is 4.02. The Morgan fingerprint density at radius 3 is 2.43 bits per heavy atom. The number of hydrogen-bond donors (Lipinski definition) is 3. The number of aliphatic hydroxyl groups excluding tert-OH is 1. The van der Waals surface area contributed by atoms with E-state index in [0.29, 0.717) is 32.6 Å². The summed E-state index contributed by atoms with van der Waals surface area (Å²) in [5, 5.41) is 13.0. The molecule has 4 N–H and O–H groups in total. The molecule has 21 heavy (non-hydrogen) atoms. The van der Waals surface area contributed by atoms with Crippen molar-refractivity contribution in [2.24, 2.45) is 11.1 Å². The van der Waals surface area contributed by atoms with Gasteiger partial charge in [0.15, 0.2) is 0 Å². The molecule has 0 spiro atoms. The number of carbonyl (C=O) groups excluding carboxylic acids is 1. The smallest absolute Gasteiger partial charge is 0.410 e. The van der Waals surface area contributed by atoms with Crippen LogP contribution in [-0.4, -0.2) is 61.0 Å². The number of hydrogen-bond acceptors (Lipinski definition) is 5. The monoisotopic (exact) mass is 301 g/mol. The molecule has 0 aromatic rings. The van der Waals surface area contributed by atoms with Crippen LogP contribution in [0.4, 0.5) is 4.79 Å². The number of nitrogens with two attached hydrogens (primary N) is 1. The molecule has 0 aromatic heterocycles. The van der Waals surface area contributed by atoms with Crippen LogP contribution in [0.25, 0.3) is 0 Å². The van der Waals surface area contributed by atoms with E-state index in [1.807, 2.05) is 27.8 Å². The summed E-state index contributed by atoms with van der Waals surface area (Å²) in [4.78, 5) is 13.8. The number of ether oxygens (including phenoxy) is 1. The second-order valence-corrected chi connectivity index (χ2v) is 7.09. The average Bonchev–Trinajstić information content (AvgIpc) is 2.37. The first-order chi connectivity index (χ1) is 9.71. The van der Waals surface area contributed by atoms with Crippen molar-refractivity contribution >= 4 is 6.09 Å². The average molecular weight is 301 g/mol. The molecule has 1 amide bonds. The fourth-order valence-electron chi connectivity index (χ4n) is 2.79. The van der Waals surface area contributed by atoms with Gasteiger partial charge in [-0.2, -0.15) is 0 Å². The molecular weight excluding hydrogens is 270 g/mol. The van der Waals surface area contributed by atoms with Crippen molar-refractivity contribution in [3.05, 3.63) is 0 Å². The molecule has 1 aliphatic rings. The molecular formula is C15H31N3O3. The maximum Gasteiger partial charge on any atom is 0.410 e. The molecule has 0 aliphatic carbocycles. The standard InChI is InChI=1S/C15H31N3O3/c1-14(2,3)21-13(20)18-7-5-15(11-16,6-8-18)9-12(19)10-17-4/h12,17,19H,5-11,16H2,1-4H3/t12-/m1/s1. The number of rotatable bonds is 5.